The summed E-state index contributed by atoms with van der Waals surface area (Å²) in [7, 11) is 1.50. The molecule has 0 aliphatic carbocycles. The number of fused-ring (bicyclic) bond motifs is 1. The Morgan fingerprint density at radius 3 is 2.17 bits per heavy atom. The number of carboxylic acid groups (broad SMARTS) is 1. The number of hydrogen-bond acceptors (Lipinski definition) is 3. The minimum Gasteiger partial charge on any atom is -0.496 e. The molecule has 0 heterocycles. The standard InChI is InChI=1S/C35H26F3NO3/c1-42-31-15-5-4-13-30(31)32(29-14-7-9-25-8-2-3-12-28(25)29)34(22-39,33(40)41)21-23-16-18-24(19-17-23)26-10-6-11-27(20-26)35(36,37)38/h2-20,32H,21H2,1H3,(H,40,41). The SMILES string of the molecule is COc1ccccc1C(c1cccc2ccccc12)C(C#N)(Cc1ccc(-c2cccc(C(F)(F)F)c2)cc1)C(=O)O. The summed E-state index contributed by atoms with van der Waals surface area (Å²) in [5.74, 6) is -1.77. The van der Waals surface area contributed by atoms with Crippen molar-refractivity contribution in [2.45, 2.75) is 18.5 Å². The molecule has 0 amide bonds. The zero-order chi connectivity index (χ0) is 29.9. The molecule has 0 radical (unpaired) electrons. The summed E-state index contributed by atoms with van der Waals surface area (Å²) in [6.07, 6.45) is -4.63. The fourth-order valence-corrected chi connectivity index (χ4v) is 5.57. The number of aliphatic carboxylic acids is 1. The molecule has 4 nitrogen and oxygen atoms in total. The lowest BCUT2D eigenvalue weighted by atomic mass is 9.65. The number of carboxylic acids is 1. The number of nitriles is 1. The normalized spacial score (nSPS) is 13.6. The molecule has 0 saturated heterocycles. The van der Waals surface area contributed by atoms with E-state index >= 15 is 0 Å². The van der Waals surface area contributed by atoms with Gasteiger partial charge >= 0.3 is 12.1 Å². The van der Waals surface area contributed by atoms with Gasteiger partial charge in [-0.15, -0.1) is 0 Å². The van der Waals surface area contributed by atoms with Crippen LogP contribution in [0.4, 0.5) is 13.2 Å². The Bertz CT molecular complexity index is 1790. The summed E-state index contributed by atoms with van der Waals surface area (Å²) < 4.78 is 45.4. The predicted molar refractivity (Wildman–Crippen MR) is 155 cm³/mol. The number of benzene rings is 5. The lowest BCUT2D eigenvalue weighted by molar-refractivity contribution is -0.146. The zero-order valence-corrected chi connectivity index (χ0v) is 22.6. The van der Waals surface area contributed by atoms with E-state index in [4.69, 9.17) is 4.74 Å². The maximum atomic E-state index is 13.3. The molecule has 0 saturated carbocycles. The Hall–Kier alpha value is -5.09. The van der Waals surface area contributed by atoms with Gasteiger partial charge in [0, 0.05) is 17.9 Å². The van der Waals surface area contributed by atoms with E-state index in [0.29, 0.717) is 33.6 Å². The molecule has 5 rings (SSSR count). The molecule has 0 fully saturated rings. The van der Waals surface area contributed by atoms with Crippen molar-refractivity contribution in [3.05, 3.63) is 138 Å². The summed E-state index contributed by atoms with van der Waals surface area (Å²) in [6.45, 7) is 0. The summed E-state index contributed by atoms with van der Waals surface area (Å²) in [5.41, 5.74) is -0.0240. The first-order chi connectivity index (χ1) is 20.2. The molecule has 0 aliphatic rings. The molecule has 5 aromatic carbocycles. The maximum Gasteiger partial charge on any atom is 0.416 e. The minimum absolute atomic E-state index is 0.159. The summed E-state index contributed by atoms with van der Waals surface area (Å²) in [4.78, 5) is 13.2. The van der Waals surface area contributed by atoms with Crippen LogP contribution in [0.25, 0.3) is 21.9 Å². The molecule has 210 valence electrons. The van der Waals surface area contributed by atoms with Crippen molar-refractivity contribution in [2.75, 3.05) is 7.11 Å². The van der Waals surface area contributed by atoms with Crippen LogP contribution < -0.4 is 4.74 Å². The van der Waals surface area contributed by atoms with Crippen LogP contribution in [0.2, 0.25) is 0 Å². The van der Waals surface area contributed by atoms with E-state index in [9.17, 15) is 28.3 Å². The van der Waals surface area contributed by atoms with Crippen LogP contribution in [0.3, 0.4) is 0 Å². The lowest BCUT2D eigenvalue weighted by Crippen LogP contribution is -2.39. The molecule has 2 unspecified atom stereocenters. The Morgan fingerprint density at radius 2 is 1.48 bits per heavy atom. The smallest absolute Gasteiger partial charge is 0.416 e. The lowest BCUT2D eigenvalue weighted by Gasteiger charge is -2.34. The molecular weight excluding hydrogens is 539 g/mol. The number of rotatable bonds is 8. The topological polar surface area (TPSA) is 70.3 Å². The van der Waals surface area contributed by atoms with Gasteiger partial charge in [0.2, 0.25) is 0 Å². The van der Waals surface area contributed by atoms with Gasteiger partial charge in [-0.05, 0) is 51.2 Å². The fourth-order valence-electron chi connectivity index (χ4n) is 5.57. The van der Waals surface area contributed by atoms with Crippen molar-refractivity contribution in [3.63, 3.8) is 0 Å². The molecule has 0 spiro atoms. The molecule has 0 aromatic heterocycles. The third-order valence-corrected chi connectivity index (χ3v) is 7.62. The molecular formula is C35H26F3NO3. The Labute approximate surface area is 241 Å². The van der Waals surface area contributed by atoms with Crippen molar-refractivity contribution in [3.8, 4) is 22.9 Å². The van der Waals surface area contributed by atoms with E-state index in [-0.39, 0.29) is 6.42 Å². The van der Waals surface area contributed by atoms with Gasteiger partial charge in [0.05, 0.1) is 18.7 Å². The van der Waals surface area contributed by atoms with E-state index in [1.807, 2.05) is 42.5 Å². The summed E-state index contributed by atoms with van der Waals surface area (Å²) in [6, 6.07) is 34.1. The van der Waals surface area contributed by atoms with Gasteiger partial charge < -0.3 is 9.84 Å². The molecule has 0 bridgehead atoms. The first-order valence-corrected chi connectivity index (χ1v) is 13.2. The Morgan fingerprint density at radius 1 is 0.833 bits per heavy atom. The van der Waals surface area contributed by atoms with Crippen LogP contribution in [0.15, 0.2) is 115 Å². The van der Waals surface area contributed by atoms with E-state index in [2.05, 4.69) is 6.07 Å². The van der Waals surface area contributed by atoms with Crippen LogP contribution >= 0.6 is 0 Å². The average Bonchev–Trinajstić information content (AvgIpc) is 3.01. The van der Waals surface area contributed by atoms with E-state index in [0.717, 1.165) is 22.9 Å². The van der Waals surface area contributed by atoms with Crippen molar-refractivity contribution in [1.29, 1.82) is 5.26 Å². The van der Waals surface area contributed by atoms with Crippen LogP contribution in [0, 0.1) is 16.7 Å². The monoisotopic (exact) mass is 565 g/mol. The Kier molecular flexibility index (Phi) is 7.73. The van der Waals surface area contributed by atoms with Gasteiger partial charge in [-0.3, -0.25) is 4.79 Å². The number of carbonyl (C=O) groups is 1. The molecule has 0 aliphatic heterocycles. The largest absolute Gasteiger partial charge is 0.496 e. The maximum absolute atomic E-state index is 13.3. The van der Waals surface area contributed by atoms with Crippen LogP contribution in [0.5, 0.6) is 5.75 Å². The second-order valence-electron chi connectivity index (χ2n) is 10.1. The highest BCUT2D eigenvalue weighted by atomic mass is 19.4. The molecule has 2 atom stereocenters. The summed E-state index contributed by atoms with van der Waals surface area (Å²) >= 11 is 0. The third kappa shape index (κ3) is 5.31. The van der Waals surface area contributed by atoms with E-state index < -0.39 is 29.0 Å². The molecule has 7 heteroatoms. The molecule has 5 aromatic rings. The number of hydrogen-bond donors (Lipinski definition) is 1. The van der Waals surface area contributed by atoms with Crippen molar-refractivity contribution in [1.82, 2.24) is 0 Å². The predicted octanol–water partition coefficient (Wildman–Crippen LogP) is 8.50. The highest BCUT2D eigenvalue weighted by Gasteiger charge is 2.49. The van der Waals surface area contributed by atoms with Gasteiger partial charge in [-0.25, -0.2) is 0 Å². The highest BCUT2D eigenvalue weighted by molar-refractivity contribution is 5.89. The zero-order valence-electron chi connectivity index (χ0n) is 22.6. The van der Waals surface area contributed by atoms with Gasteiger partial charge in [0.25, 0.3) is 0 Å². The van der Waals surface area contributed by atoms with E-state index in [1.165, 1.54) is 13.2 Å². The first kappa shape index (κ1) is 28.4. The number of ether oxygens (including phenoxy) is 1. The molecule has 1 N–H and O–H groups in total. The van der Waals surface area contributed by atoms with Gasteiger partial charge in [-0.1, -0.05) is 97.1 Å². The first-order valence-electron chi connectivity index (χ1n) is 13.2. The molecule has 42 heavy (non-hydrogen) atoms. The fraction of sp³-hybridized carbons (Fsp3) is 0.143. The number of methoxy groups -OCH3 is 1. The minimum atomic E-state index is -4.47. The van der Waals surface area contributed by atoms with Gasteiger partial charge in [0.1, 0.15) is 5.75 Å². The van der Waals surface area contributed by atoms with Gasteiger partial charge in [-0.2, -0.15) is 18.4 Å². The average molecular weight is 566 g/mol. The quantitative estimate of drug-likeness (QED) is 0.205. The number of para-hydroxylation sites is 1. The third-order valence-electron chi connectivity index (χ3n) is 7.62. The Balaban J connectivity index is 1.64. The van der Waals surface area contributed by atoms with Crippen molar-refractivity contribution in [2.24, 2.45) is 5.41 Å². The number of nitrogens with zero attached hydrogens (tertiary/aromatic N) is 1. The van der Waals surface area contributed by atoms with E-state index in [1.54, 1.807) is 54.6 Å². The van der Waals surface area contributed by atoms with Crippen molar-refractivity contribution >= 4 is 16.7 Å². The second-order valence-corrected chi connectivity index (χ2v) is 10.1. The van der Waals surface area contributed by atoms with Crippen LogP contribution in [-0.4, -0.2) is 18.2 Å². The summed E-state index contributed by atoms with van der Waals surface area (Å²) in [5, 5.41) is 23.2. The van der Waals surface area contributed by atoms with Gasteiger partial charge in [0.15, 0.2) is 5.41 Å². The van der Waals surface area contributed by atoms with Crippen LogP contribution in [0.1, 0.15) is 28.2 Å². The highest BCUT2D eigenvalue weighted by Crippen LogP contribution is 2.48. The number of alkyl halides is 3. The van der Waals surface area contributed by atoms with Crippen LogP contribution in [-0.2, 0) is 17.4 Å². The second kappa shape index (κ2) is 11.4. The number of halogens is 3. The van der Waals surface area contributed by atoms with Crippen molar-refractivity contribution < 1.29 is 27.8 Å².